The van der Waals surface area contributed by atoms with Gasteiger partial charge in [-0.1, -0.05) is 92.3 Å². The number of thioether (sulfide) groups is 1. The maximum atomic E-state index is 12.4. The summed E-state index contributed by atoms with van der Waals surface area (Å²) in [5, 5.41) is 11.6. The summed E-state index contributed by atoms with van der Waals surface area (Å²) in [6.45, 7) is 4.82. The maximum Gasteiger partial charge on any atom is 0.239 e. The molecule has 1 amide bonds. The average Bonchev–Trinajstić information content (AvgIpc) is 3.18. The SMILES string of the molecule is CC(C)c1ccc(CC2S/C(=N/N=C/c3ccccc3OCc3ccccc3)NC2=O)cc1. The van der Waals surface area contributed by atoms with E-state index in [-0.39, 0.29) is 11.2 Å². The van der Waals surface area contributed by atoms with Gasteiger partial charge in [0.2, 0.25) is 5.91 Å². The highest BCUT2D eigenvalue weighted by Gasteiger charge is 2.30. The summed E-state index contributed by atoms with van der Waals surface area (Å²) in [7, 11) is 0. The van der Waals surface area contributed by atoms with Crippen LogP contribution in [0.3, 0.4) is 0 Å². The first kappa shape index (κ1) is 22.8. The van der Waals surface area contributed by atoms with Crippen LogP contribution in [-0.4, -0.2) is 22.5 Å². The molecule has 1 atom stereocenters. The molecule has 1 fully saturated rings. The van der Waals surface area contributed by atoms with Crippen molar-refractivity contribution in [3.8, 4) is 5.75 Å². The normalized spacial score (nSPS) is 17.1. The Labute approximate surface area is 199 Å². The van der Waals surface area contributed by atoms with Crippen LogP contribution in [0.1, 0.15) is 42.0 Å². The molecule has 168 valence electrons. The second kappa shape index (κ2) is 11.0. The van der Waals surface area contributed by atoms with Gasteiger partial charge in [0.25, 0.3) is 0 Å². The number of amides is 1. The largest absolute Gasteiger partial charge is 0.488 e. The highest BCUT2D eigenvalue weighted by molar-refractivity contribution is 8.15. The Balaban J connectivity index is 1.36. The Hall–Kier alpha value is -3.38. The molecule has 1 saturated heterocycles. The Morgan fingerprint density at radius 2 is 1.70 bits per heavy atom. The van der Waals surface area contributed by atoms with Crippen LogP contribution in [-0.2, 0) is 17.8 Å². The number of carbonyl (C=O) groups excluding carboxylic acids is 1. The fraction of sp³-hybridized carbons (Fsp3) is 0.222. The van der Waals surface area contributed by atoms with Crippen molar-refractivity contribution >= 4 is 29.1 Å². The van der Waals surface area contributed by atoms with Gasteiger partial charge in [0.05, 0.1) is 11.5 Å². The Morgan fingerprint density at radius 3 is 2.45 bits per heavy atom. The summed E-state index contributed by atoms with van der Waals surface area (Å²) in [6, 6.07) is 26.2. The van der Waals surface area contributed by atoms with Crippen LogP contribution in [0.5, 0.6) is 5.75 Å². The number of hydrogen-bond acceptors (Lipinski definition) is 5. The fourth-order valence-electron chi connectivity index (χ4n) is 3.44. The molecule has 4 rings (SSSR count). The van der Waals surface area contributed by atoms with E-state index in [1.165, 1.54) is 17.3 Å². The van der Waals surface area contributed by atoms with E-state index in [4.69, 9.17) is 4.74 Å². The smallest absolute Gasteiger partial charge is 0.239 e. The molecule has 0 bridgehead atoms. The highest BCUT2D eigenvalue weighted by atomic mass is 32.2. The third-order valence-corrected chi connectivity index (χ3v) is 6.42. The molecule has 1 aliphatic heterocycles. The third-order valence-electron chi connectivity index (χ3n) is 5.35. The standard InChI is InChI=1S/C27H27N3O2S/c1-19(2)22-14-12-20(13-15-22)16-25-26(31)29-27(33-25)30-28-17-23-10-6-7-11-24(23)32-18-21-8-4-3-5-9-21/h3-15,17,19,25H,16,18H2,1-2H3,(H,29,30,31)/b28-17+. The van der Waals surface area contributed by atoms with Crippen molar-refractivity contribution in [2.24, 2.45) is 10.2 Å². The lowest BCUT2D eigenvalue weighted by Crippen LogP contribution is -2.25. The minimum absolute atomic E-state index is 0.0338. The predicted molar refractivity (Wildman–Crippen MR) is 136 cm³/mol. The fourth-order valence-corrected chi connectivity index (χ4v) is 4.40. The number of hydrogen-bond donors (Lipinski definition) is 1. The molecule has 3 aromatic carbocycles. The molecule has 1 unspecified atom stereocenters. The van der Waals surface area contributed by atoms with Gasteiger partial charge >= 0.3 is 0 Å². The minimum Gasteiger partial charge on any atom is -0.488 e. The molecule has 5 nitrogen and oxygen atoms in total. The van der Waals surface area contributed by atoms with Crippen molar-refractivity contribution in [2.75, 3.05) is 0 Å². The summed E-state index contributed by atoms with van der Waals surface area (Å²) in [5.41, 5.74) is 4.36. The van der Waals surface area contributed by atoms with E-state index < -0.39 is 0 Å². The minimum atomic E-state index is -0.203. The molecule has 0 saturated carbocycles. The quantitative estimate of drug-likeness (QED) is 0.356. The van der Waals surface area contributed by atoms with Gasteiger partial charge in [-0.05, 0) is 41.2 Å². The zero-order valence-corrected chi connectivity index (χ0v) is 19.6. The van der Waals surface area contributed by atoms with Crippen molar-refractivity contribution in [3.05, 3.63) is 101 Å². The van der Waals surface area contributed by atoms with E-state index in [1.54, 1.807) is 6.21 Å². The van der Waals surface area contributed by atoms with E-state index >= 15 is 0 Å². The van der Waals surface area contributed by atoms with E-state index in [0.29, 0.717) is 24.1 Å². The van der Waals surface area contributed by atoms with Crippen LogP contribution >= 0.6 is 11.8 Å². The summed E-state index contributed by atoms with van der Waals surface area (Å²) in [4.78, 5) is 12.4. The first-order chi connectivity index (χ1) is 16.1. The van der Waals surface area contributed by atoms with Gasteiger partial charge in [0, 0.05) is 5.56 Å². The molecule has 0 radical (unpaired) electrons. The van der Waals surface area contributed by atoms with Gasteiger partial charge < -0.3 is 10.1 Å². The third kappa shape index (κ3) is 6.33. The molecule has 6 heteroatoms. The van der Waals surface area contributed by atoms with Gasteiger partial charge in [-0.25, -0.2) is 0 Å². The summed E-state index contributed by atoms with van der Waals surface area (Å²) < 4.78 is 5.95. The molecular weight excluding hydrogens is 430 g/mol. The van der Waals surface area contributed by atoms with E-state index in [2.05, 4.69) is 53.6 Å². The zero-order chi connectivity index (χ0) is 23.0. The van der Waals surface area contributed by atoms with Crippen molar-refractivity contribution in [3.63, 3.8) is 0 Å². The number of ether oxygens (including phenoxy) is 1. The number of carbonyl (C=O) groups is 1. The van der Waals surface area contributed by atoms with Crippen LogP contribution in [0.15, 0.2) is 89.1 Å². The molecule has 1 N–H and O–H groups in total. The van der Waals surface area contributed by atoms with E-state index in [9.17, 15) is 4.79 Å². The number of amidine groups is 1. The van der Waals surface area contributed by atoms with Gasteiger partial charge in [0.15, 0.2) is 5.17 Å². The van der Waals surface area contributed by atoms with Gasteiger partial charge in [-0.2, -0.15) is 5.10 Å². The monoisotopic (exact) mass is 457 g/mol. The first-order valence-corrected chi connectivity index (χ1v) is 11.9. The lowest BCUT2D eigenvalue weighted by atomic mass is 10.0. The number of rotatable bonds is 8. The summed E-state index contributed by atoms with van der Waals surface area (Å²) >= 11 is 1.42. The molecule has 1 aliphatic rings. The van der Waals surface area contributed by atoms with Crippen molar-refractivity contribution in [1.29, 1.82) is 0 Å². The van der Waals surface area contributed by atoms with Gasteiger partial charge in [0.1, 0.15) is 12.4 Å². The highest BCUT2D eigenvalue weighted by Crippen LogP contribution is 2.25. The molecular formula is C27H27N3O2S. The van der Waals surface area contributed by atoms with Gasteiger partial charge in [-0.3, -0.25) is 4.79 Å². The maximum absolute atomic E-state index is 12.4. The Kier molecular flexibility index (Phi) is 7.58. The van der Waals surface area contributed by atoms with Crippen LogP contribution in [0.4, 0.5) is 0 Å². The summed E-state index contributed by atoms with van der Waals surface area (Å²) in [5.74, 6) is 1.19. The van der Waals surface area contributed by atoms with Gasteiger partial charge in [-0.15, -0.1) is 5.10 Å². The summed E-state index contributed by atoms with van der Waals surface area (Å²) in [6.07, 6.45) is 2.31. The van der Waals surface area contributed by atoms with Crippen molar-refractivity contribution in [2.45, 2.75) is 38.0 Å². The lowest BCUT2D eigenvalue weighted by Gasteiger charge is -2.08. The second-order valence-electron chi connectivity index (χ2n) is 8.16. The predicted octanol–water partition coefficient (Wildman–Crippen LogP) is 5.55. The topological polar surface area (TPSA) is 63.1 Å². The van der Waals surface area contributed by atoms with E-state index in [0.717, 1.165) is 22.4 Å². The van der Waals surface area contributed by atoms with E-state index in [1.807, 2.05) is 54.6 Å². The molecule has 0 spiro atoms. The Bertz CT molecular complexity index is 1140. The van der Waals surface area contributed by atoms with Crippen LogP contribution in [0.2, 0.25) is 0 Å². The Morgan fingerprint density at radius 1 is 0.970 bits per heavy atom. The molecule has 0 aromatic heterocycles. The average molecular weight is 458 g/mol. The molecule has 0 aliphatic carbocycles. The van der Waals surface area contributed by atoms with Crippen molar-refractivity contribution in [1.82, 2.24) is 5.32 Å². The first-order valence-electron chi connectivity index (χ1n) is 11.0. The second-order valence-corrected chi connectivity index (χ2v) is 9.35. The molecule has 33 heavy (non-hydrogen) atoms. The van der Waals surface area contributed by atoms with Crippen LogP contribution < -0.4 is 10.1 Å². The molecule has 1 heterocycles. The number of nitrogens with zero attached hydrogens (tertiary/aromatic N) is 2. The molecule has 3 aromatic rings. The number of nitrogens with one attached hydrogen (secondary N) is 1. The number of benzene rings is 3. The zero-order valence-electron chi connectivity index (χ0n) is 18.8. The lowest BCUT2D eigenvalue weighted by molar-refractivity contribution is -0.118. The van der Waals surface area contributed by atoms with Crippen LogP contribution in [0, 0.1) is 0 Å². The van der Waals surface area contributed by atoms with Crippen LogP contribution in [0.25, 0.3) is 0 Å². The van der Waals surface area contributed by atoms with Crippen molar-refractivity contribution < 1.29 is 9.53 Å². The number of para-hydroxylation sites is 1.